The number of guanidine groups is 1. The molecule has 1 unspecified atom stereocenters. The van der Waals surface area contributed by atoms with Gasteiger partial charge in [-0.25, -0.2) is 4.99 Å². The maximum absolute atomic E-state index is 12.4. The molecule has 7 heteroatoms. The summed E-state index contributed by atoms with van der Waals surface area (Å²) < 4.78 is 0. The average molecular weight is 417 g/mol. The van der Waals surface area contributed by atoms with Gasteiger partial charge in [-0.2, -0.15) is 11.3 Å². The first-order valence-corrected chi connectivity index (χ1v) is 11.0. The SMILES string of the molecule is CCNC(=NCc1ccc(C(=O)N(CC)CC)cc1)NCC(C)(O)c1ccsc1. The molecule has 2 aromatic rings. The molecule has 0 spiro atoms. The lowest BCUT2D eigenvalue weighted by molar-refractivity contribution is 0.0621. The van der Waals surface area contributed by atoms with Crippen LogP contribution in [0.1, 0.15) is 49.2 Å². The third-order valence-electron chi connectivity index (χ3n) is 4.76. The van der Waals surface area contributed by atoms with Crippen molar-refractivity contribution in [2.45, 2.75) is 39.8 Å². The third-order valence-corrected chi connectivity index (χ3v) is 5.44. The molecule has 0 bridgehead atoms. The first-order chi connectivity index (χ1) is 13.9. The van der Waals surface area contributed by atoms with Crippen LogP contribution in [-0.2, 0) is 12.1 Å². The summed E-state index contributed by atoms with van der Waals surface area (Å²) in [7, 11) is 0. The molecule has 1 atom stereocenters. The monoisotopic (exact) mass is 416 g/mol. The summed E-state index contributed by atoms with van der Waals surface area (Å²) in [5, 5.41) is 21.0. The van der Waals surface area contributed by atoms with Crippen LogP contribution in [0, 0.1) is 0 Å². The summed E-state index contributed by atoms with van der Waals surface area (Å²) in [6, 6.07) is 9.51. The summed E-state index contributed by atoms with van der Waals surface area (Å²) >= 11 is 1.57. The fraction of sp³-hybridized carbons (Fsp3) is 0.455. The Kier molecular flexibility index (Phi) is 8.67. The van der Waals surface area contributed by atoms with Crippen LogP contribution in [0.5, 0.6) is 0 Å². The number of nitrogens with zero attached hydrogens (tertiary/aromatic N) is 2. The molecular weight excluding hydrogens is 384 g/mol. The van der Waals surface area contributed by atoms with E-state index in [1.165, 1.54) is 0 Å². The van der Waals surface area contributed by atoms with E-state index in [9.17, 15) is 9.90 Å². The standard InChI is InChI=1S/C22H32N4O2S/c1-5-23-21(25-16-22(4,28)19-12-13-29-15-19)24-14-17-8-10-18(11-9-17)20(27)26(6-2)7-3/h8-13,15,28H,5-7,14,16H2,1-4H3,(H2,23,24,25). The van der Waals surface area contributed by atoms with Crippen LogP contribution in [0.4, 0.5) is 0 Å². The molecule has 1 amide bonds. The Labute approximate surface area is 177 Å². The molecule has 0 radical (unpaired) electrons. The van der Waals surface area contributed by atoms with Crippen molar-refractivity contribution in [2.24, 2.45) is 4.99 Å². The fourth-order valence-corrected chi connectivity index (χ4v) is 3.67. The van der Waals surface area contributed by atoms with Crippen molar-refractivity contribution in [3.05, 3.63) is 57.8 Å². The van der Waals surface area contributed by atoms with E-state index in [4.69, 9.17) is 0 Å². The molecule has 0 fully saturated rings. The van der Waals surface area contributed by atoms with Crippen LogP contribution in [-0.4, -0.2) is 48.1 Å². The van der Waals surface area contributed by atoms with Gasteiger partial charge in [-0.15, -0.1) is 0 Å². The third kappa shape index (κ3) is 6.58. The number of amides is 1. The molecule has 158 valence electrons. The molecule has 2 rings (SSSR count). The molecule has 3 N–H and O–H groups in total. The van der Waals surface area contributed by atoms with Crippen molar-refractivity contribution in [1.29, 1.82) is 0 Å². The van der Waals surface area contributed by atoms with E-state index in [0.29, 0.717) is 37.7 Å². The second-order valence-corrected chi connectivity index (χ2v) is 7.79. The number of aliphatic hydroxyl groups is 1. The van der Waals surface area contributed by atoms with Crippen molar-refractivity contribution in [2.75, 3.05) is 26.2 Å². The smallest absolute Gasteiger partial charge is 0.253 e. The van der Waals surface area contributed by atoms with Crippen molar-refractivity contribution >= 4 is 23.2 Å². The Hall–Kier alpha value is -2.38. The Morgan fingerprint density at radius 1 is 1.14 bits per heavy atom. The van der Waals surface area contributed by atoms with E-state index in [1.54, 1.807) is 23.2 Å². The van der Waals surface area contributed by atoms with Crippen LogP contribution in [0.3, 0.4) is 0 Å². The second-order valence-electron chi connectivity index (χ2n) is 7.01. The number of carbonyl (C=O) groups is 1. The summed E-state index contributed by atoms with van der Waals surface area (Å²) in [5.41, 5.74) is 1.63. The number of thiophene rings is 1. The number of hydrogen-bond donors (Lipinski definition) is 3. The first kappa shape index (κ1) is 22.9. The highest BCUT2D eigenvalue weighted by Crippen LogP contribution is 2.21. The zero-order valence-corrected chi connectivity index (χ0v) is 18.6. The van der Waals surface area contributed by atoms with Crippen LogP contribution in [0.25, 0.3) is 0 Å². The van der Waals surface area contributed by atoms with E-state index >= 15 is 0 Å². The maximum Gasteiger partial charge on any atom is 0.253 e. The second kappa shape index (κ2) is 11.0. The Morgan fingerprint density at radius 3 is 2.38 bits per heavy atom. The van der Waals surface area contributed by atoms with Gasteiger partial charge in [0.15, 0.2) is 5.96 Å². The lowest BCUT2D eigenvalue weighted by Gasteiger charge is -2.24. The van der Waals surface area contributed by atoms with Crippen LogP contribution < -0.4 is 10.6 Å². The van der Waals surface area contributed by atoms with Crippen molar-refractivity contribution in [3.63, 3.8) is 0 Å². The predicted molar refractivity (Wildman–Crippen MR) is 120 cm³/mol. The van der Waals surface area contributed by atoms with E-state index in [1.807, 2.05) is 61.9 Å². The number of nitrogens with one attached hydrogen (secondary N) is 2. The van der Waals surface area contributed by atoms with Crippen molar-refractivity contribution in [1.82, 2.24) is 15.5 Å². The molecule has 0 aliphatic rings. The van der Waals surface area contributed by atoms with Gasteiger partial charge in [0.1, 0.15) is 5.60 Å². The Bertz CT molecular complexity index is 782. The largest absolute Gasteiger partial charge is 0.384 e. The van der Waals surface area contributed by atoms with Crippen molar-refractivity contribution < 1.29 is 9.90 Å². The number of rotatable bonds is 9. The Morgan fingerprint density at radius 2 is 1.83 bits per heavy atom. The summed E-state index contributed by atoms with van der Waals surface area (Å²) in [4.78, 5) is 18.8. The molecule has 1 heterocycles. The van der Waals surface area contributed by atoms with Gasteiger partial charge < -0.3 is 20.6 Å². The minimum Gasteiger partial charge on any atom is -0.384 e. The highest BCUT2D eigenvalue weighted by atomic mass is 32.1. The minimum absolute atomic E-state index is 0.0516. The normalized spacial score (nSPS) is 13.6. The van der Waals surface area contributed by atoms with E-state index < -0.39 is 5.60 Å². The molecule has 29 heavy (non-hydrogen) atoms. The number of benzene rings is 1. The van der Waals surface area contributed by atoms with Gasteiger partial charge >= 0.3 is 0 Å². The first-order valence-electron chi connectivity index (χ1n) is 10.1. The van der Waals surface area contributed by atoms with Gasteiger partial charge in [0, 0.05) is 25.2 Å². The highest BCUT2D eigenvalue weighted by Gasteiger charge is 2.23. The minimum atomic E-state index is -0.970. The molecule has 0 saturated heterocycles. The predicted octanol–water partition coefficient (Wildman–Crippen LogP) is 3.19. The highest BCUT2D eigenvalue weighted by molar-refractivity contribution is 7.08. The van der Waals surface area contributed by atoms with E-state index in [0.717, 1.165) is 17.7 Å². The van der Waals surface area contributed by atoms with Crippen LogP contribution in [0.2, 0.25) is 0 Å². The van der Waals surface area contributed by atoms with Crippen LogP contribution in [0.15, 0.2) is 46.1 Å². The lowest BCUT2D eigenvalue weighted by Crippen LogP contribution is -2.44. The van der Waals surface area contributed by atoms with Gasteiger partial charge in [-0.3, -0.25) is 4.79 Å². The molecule has 0 aliphatic carbocycles. The molecule has 0 saturated carbocycles. The topological polar surface area (TPSA) is 77.0 Å². The molecule has 0 aliphatic heterocycles. The number of hydrogen-bond acceptors (Lipinski definition) is 4. The van der Waals surface area contributed by atoms with Crippen molar-refractivity contribution in [3.8, 4) is 0 Å². The van der Waals surface area contributed by atoms with Gasteiger partial charge in [-0.1, -0.05) is 12.1 Å². The number of carbonyl (C=O) groups excluding carboxylic acids is 1. The summed E-state index contributed by atoms with van der Waals surface area (Å²) in [5.74, 6) is 0.696. The Balaban J connectivity index is 2.00. The lowest BCUT2D eigenvalue weighted by atomic mass is 9.99. The summed E-state index contributed by atoms with van der Waals surface area (Å²) in [6.07, 6.45) is 0. The molecular formula is C22H32N4O2S. The van der Waals surface area contributed by atoms with E-state index in [-0.39, 0.29) is 5.91 Å². The fourth-order valence-electron chi connectivity index (χ4n) is 2.89. The average Bonchev–Trinajstić information content (AvgIpc) is 3.27. The zero-order chi connectivity index (χ0) is 21.3. The molecule has 1 aromatic heterocycles. The zero-order valence-electron chi connectivity index (χ0n) is 17.7. The molecule has 6 nitrogen and oxygen atoms in total. The maximum atomic E-state index is 12.4. The van der Waals surface area contributed by atoms with Gasteiger partial charge in [-0.05, 0) is 67.8 Å². The van der Waals surface area contributed by atoms with Gasteiger partial charge in [0.2, 0.25) is 0 Å². The van der Waals surface area contributed by atoms with Gasteiger partial charge in [0.05, 0.1) is 13.1 Å². The molecule has 1 aromatic carbocycles. The van der Waals surface area contributed by atoms with Crippen LogP contribution >= 0.6 is 11.3 Å². The van der Waals surface area contributed by atoms with Gasteiger partial charge in [0.25, 0.3) is 5.91 Å². The quantitative estimate of drug-likeness (QED) is 0.433. The number of aliphatic imine (C=N–C) groups is 1. The summed E-state index contributed by atoms with van der Waals surface area (Å²) in [6.45, 7) is 10.7. The van der Waals surface area contributed by atoms with E-state index in [2.05, 4.69) is 15.6 Å².